The van der Waals surface area contributed by atoms with E-state index in [1.807, 2.05) is 30.3 Å². The van der Waals surface area contributed by atoms with E-state index in [0.29, 0.717) is 0 Å². The zero-order valence-electron chi connectivity index (χ0n) is 12.2. The maximum Gasteiger partial charge on any atom is 0.202 e. The third-order valence-electron chi connectivity index (χ3n) is 3.38. The summed E-state index contributed by atoms with van der Waals surface area (Å²) in [6.07, 6.45) is 1.94. The topological polar surface area (TPSA) is 41.5 Å². The van der Waals surface area contributed by atoms with Gasteiger partial charge in [-0.05, 0) is 52.7 Å². The molecule has 0 aliphatic carbocycles. The lowest BCUT2D eigenvalue weighted by atomic mass is 9.81. The Morgan fingerprint density at radius 3 is 2.16 bits per heavy atom. The average molecular weight is 281 g/mol. The van der Waals surface area contributed by atoms with Gasteiger partial charge in [-0.15, -0.1) is 0 Å². The van der Waals surface area contributed by atoms with E-state index in [1.54, 1.807) is 0 Å². The van der Waals surface area contributed by atoms with E-state index in [4.69, 9.17) is 4.52 Å². The van der Waals surface area contributed by atoms with Crippen LogP contribution in [0.5, 0.6) is 0 Å². The summed E-state index contributed by atoms with van der Waals surface area (Å²) < 4.78 is 5.93. The molecular formula is C15H24NO2P. The van der Waals surface area contributed by atoms with E-state index in [0.717, 1.165) is 18.1 Å². The quantitative estimate of drug-likeness (QED) is 0.837. The molecule has 1 aromatic carbocycles. The fraction of sp³-hybridized carbons (Fsp3) is 0.600. The van der Waals surface area contributed by atoms with Gasteiger partial charge in [0, 0.05) is 16.4 Å². The molecule has 19 heavy (non-hydrogen) atoms. The van der Waals surface area contributed by atoms with Crippen LogP contribution in [0.4, 0.5) is 0 Å². The van der Waals surface area contributed by atoms with Gasteiger partial charge in [-0.2, -0.15) is 0 Å². The Kier molecular flexibility index (Phi) is 4.32. The summed E-state index contributed by atoms with van der Waals surface area (Å²) in [5, 5.41) is 4.50. The van der Waals surface area contributed by atoms with Crippen LogP contribution in [0.15, 0.2) is 30.3 Å². The van der Waals surface area contributed by atoms with E-state index in [9.17, 15) is 4.89 Å². The highest BCUT2D eigenvalue weighted by Gasteiger charge is 2.39. The zero-order chi connectivity index (χ0) is 14.1. The van der Waals surface area contributed by atoms with Gasteiger partial charge < -0.3 is 14.7 Å². The van der Waals surface area contributed by atoms with E-state index >= 15 is 0 Å². The van der Waals surface area contributed by atoms with Crippen molar-refractivity contribution in [3.05, 3.63) is 30.3 Å². The lowest BCUT2D eigenvalue weighted by Gasteiger charge is -2.46. The summed E-state index contributed by atoms with van der Waals surface area (Å²) in [5.41, 5.74) is 0.0819. The van der Waals surface area contributed by atoms with Gasteiger partial charge in [0.1, 0.15) is 0 Å². The van der Waals surface area contributed by atoms with Crippen LogP contribution in [0.2, 0.25) is 0 Å². The van der Waals surface area contributed by atoms with Crippen molar-refractivity contribution in [1.82, 2.24) is 5.32 Å². The van der Waals surface area contributed by atoms with Crippen LogP contribution in [-0.2, 0) is 4.52 Å². The predicted molar refractivity (Wildman–Crippen MR) is 80.6 cm³/mol. The Morgan fingerprint density at radius 2 is 1.63 bits per heavy atom. The minimum absolute atomic E-state index is 0.0410. The van der Waals surface area contributed by atoms with Gasteiger partial charge in [0.05, 0.1) is 6.10 Å². The second kappa shape index (κ2) is 5.49. The molecule has 1 unspecified atom stereocenters. The molecule has 1 aliphatic heterocycles. The van der Waals surface area contributed by atoms with Crippen LogP contribution in [0.1, 0.15) is 40.5 Å². The third kappa shape index (κ3) is 4.25. The zero-order valence-corrected chi connectivity index (χ0v) is 13.1. The predicted octanol–water partition coefficient (Wildman–Crippen LogP) is 2.94. The van der Waals surface area contributed by atoms with Crippen molar-refractivity contribution in [2.24, 2.45) is 0 Å². The molecule has 1 heterocycles. The summed E-state index contributed by atoms with van der Waals surface area (Å²) in [5.74, 6) is 0. The monoisotopic (exact) mass is 281 g/mol. The number of hydrogen-bond acceptors (Lipinski definition) is 3. The highest BCUT2D eigenvalue weighted by Crippen LogP contribution is 2.39. The molecule has 1 fully saturated rings. The number of benzene rings is 1. The van der Waals surface area contributed by atoms with Gasteiger partial charge in [-0.3, -0.25) is 0 Å². The standard InChI is InChI=1S/C15H24NO2P/c1-14(2)10-12(11-15(3,4)16-14)18-19(17)13-8-6-5-7-9-13/h5-9,12,16-17H,10-11H2,1-4H3. The summed E-state index contributed by atoms with van der Waals surface area (Å²) in [4.78, 5) is 10.2. The smallest absolute Gasteiger partial charge is 0.202 e. The van der Waals surface area contributed by atoms with Crippen LogP contribution in [0, 0.1) is 0 Å². The minimum Gasteiger partial charge on any atom is -0.346 e. The second-order valence-electron chi connectivity index (χ2n) is 6.64. The first-order chi connectivity index (χ1) is 8.77. The molecule has 2 rings (SSSR count). The average Bonchev–Trinajstić information content (AvgIpc) is 2.25. The summed E-state index contributed by atoms with van der Waals surface area (Å²) >= 11 is 0. The summed E-state index contributed by atoms with van der Waals surface area (Å²) in [6.45, 7) is 8.75. The normalized spacial score (nSPS) is 24.1. The molecule has 0 bridgehead atoms. The van der Waals surface area contributed by atoms with Crippen molar-refractivity contribution in [1.29, 1.82) is 0 Å². The third-order valence-corrected chi connectivity index (χ3v) is 4.62. The summed E-state index contributed by atoms with van der Waals surface area (Å²) in [7, 11) is -1.51. The first-order valence-corrected chi connectivity index (χ1v) is 7.99. The van der Waals surface area contributed by atoms with Gasteiger partial charge in [0.2, 0.25) is 8.38 Å². The number of rotatable bonds is 3. The highest BCUT2D eigenvalue weighted by molar-refractivity contribution is 7.55. The van der Waals surface area contributed by atoms with Gasteiger partial charge in [0.25, 0.3) is 0 Å². The molecule has 0 spiro atoms. The molecule has 2 N–H and O–H groups in total. The van der Waals surface area contributed by atoms with E-state index in [1.165, 1.54) is 0 Å². The number of hydrogen-bond donors (Lipinski definition) is 2. The molecule has 0 saturated carbocycles. The van der Waals surface area contributed by atoms with Crippen LogP contribution in [0.25, 0.3) is 0 Å². The molecule has 3 nitrogen and oxygen atoms in total. The molecule has 1 aromatic rings. The second-order valence-corrected chi connectivity index (χ2v) is 7.91. The van der Waals surface area contributed by atoms with Crippen LogP contribution >= 0.6 is 8.38 Å². The molecule has 0 radical (unpaired) electrons. The lowest BCUT2D eigenvalue weighted by molar-refractivity contribution is 0.0587. The van der Waals surface area contributed by atoms with Crippen molar-refractivity contribution >= 4 is 13.7 Å². The van der Waals surface area contributed by atoms with Crippen molar-refractivity contribution < 1.29 is 9.42 Å². The van der Waals surface area contributed by atoms with Crippen molar-refractivity contribution in [3.63, 3.8) is 0 Å². The van der Waals surface area contributed by atoms with E-state index < -0.39 is 8.38 Å². The Labute approximate surface area is 117 Å². The van der Waals surface area contributed by atoms with E-state index in [2.05, 4.69) is 33.0 Å². The largest absolute Gasteiger partial charge is 0.346 e. The molecule has 1 saturated heterocycles. The molecule has 1 aliphatic rings. The van der Waals surface area contributed by atoms with E-state index in [-0.39, 0.29) is 17.2 Å². The van der Waals surface area contributed by atoms with Crippen LogP contribution in [-0.4, -0.2) is 22.1 Å². The van der Waals surface area contributed by atoms with Crippen molar-refractivity contribution in [2.45, 2.75) is 57.7 Å². The summed E-state index contributed by atoms with van der Waals surface area (Å²) in [6, 6.07) is 9.65. The fourth-order valence-electron chi connectivity index (χ4n) is 3.06. The Hall–Kier alpha value is -0.470. The van der Waals surface area contributed by atoms with Crippen molar-refractivity contribution in [2.75, 3.05) is 0 Å². The first kappa shape index (κ1) is 14.9. The minimum atomic E-state index is -1.51. The Balaban J connectivity index is 2.03. The molecule has 106 valence electrons. The maximum atomic E-state index is 10.2. The Morgan fingerprint density at radius 1 is 1.11 bits per heavy atom. The van der Waals surface area contributed by atoms with Crippen LogP contribution in [0.3, 0.4) is 0 Å². The number of nitrogens with one attached hydrogen (secondary N) is 1. The van der Waals surface area contributed by atoms with Gasteiger partial charge in [0.15, 0.2) is 0 Å². The fourth-order valence-corrected chi connectivity index (χ4v) is 4.04. The van der Waals surface area contributed by atoms with Gasteiger partial charge >= 0.3 is 0 Å². The SMILES string of the molecule is CC1(C)CC(OP(O)c2ccccc2)CC(C)(C)N1. The first-order valence-electron chi connectivity index (χ1n) is 6.78. The van der Waals surface area contributed by atoms with Gasteiger partial charge in [-0.25, -0.2) is 0 Å². The number of piperidine rings is 1. The lowest BCUT2D eigenvalue weighted by Crippen LogP contribution is -2.59. The molecule has 0 amide bonds. The van der Waals surface area contributed by atoms with Crippen molar-refractivity contribution in [3.8, 4) is 0 Å². The Bertz CT molecular complexity index is 403. The highest BCUT2D eigenvalue weighted by atomic mass is 31.2. The maximum absolute atomic E-state index is 10.2. The molecule has 4 heteroatoms. The van der Waals surface area contributed by atoms with Crippen LogP contribution < -0.4 is 10.6 Å². The van der Waals surface area contributed by atoms with Gasteiger partial charge in [-0.1, -0.05) is 18.2 Å². The molecule has 1 atom stereocenters. The molecule has 0 aromatic heterocycles. The molecular weight excluding hydrogens is 257 g/mol.